The topological polar surface area (TPSA) is 32.3 Å². The Kier molecular flexibility index (Phi) is 4.35. The van der Waals surface area contributed by atoms with Crippen LogP contribution in [0, 0.1) is 0 Å². The maximum atomic E-state index is 12.3. The second-order valence-electron chi connectivity index (χ2n) is 4.05. The number of carbonyl (C=O) groups excluding carboxylic acids is 1. The average molecular weight is 236 g/mol. The summed E-state index contributed by atoms with van der Waals surface area (Å²) >= 11 is 0. The fourth-order valence-electron chi connectivity index (χ4n) is 1.80. The molecule has 0 spiro atoms. The summed E-state index contributed by atoms with van der Waals surface area (Å²) in [6, 6.07) is -0.239. The van der Waals surface area contributed by atoms with Crippen LogP contribution in [-0.4, -0.2) is 43.2 Å². The minimum Gasteiger partial charge on any atom is -0.354 e. The Morgan fingerprint density at radius 1 is 1.62 bits per heavy atom. The van der Waals surface area contributed by atoms with Crippen LogP contribution in [0.2, 0.25) is 0 Å². The highest BCUT2D eigenvalue weighted by Crippen LogP contribution is 2.19. The molecule has 1 aliphatic heterocycles. The van der Waals surface area contributed by atoms with Crippen molar-refractivity contribution in [2.75, 3.05) is 19.6 Å². The molecule has 1 atom stereocenters. The molecule has 1 amide bonds. The summed E-state index contributed by atoms with van der Waals surface area (Å²) < 4.78 is 36.8. The predicted octanol–water partition coefficient (Wildman–Crippen LogP) is 1.32. The Labute approximate surface area is 92.3 Å². The third-order valence-electron chi connectivity index (χ3n) is 2.41. The van der Waals surface area contributed by atoms with Gasteiger partial charge in [-0.3, -0.25) is 9.69 Å². The molecule has 92 valence electrons. The minimum absolute atomic E-state index is 0.228. The first-order chi connectivity index (χ1) is 7.40. The van der Waals surface area contributed by atoms with Gasteiger partial charge in [-0.2, -0.15) is 13.2 Å². The van der Waals surface area contributed by atoms with Crippen LogP contribution in [0.4, 0.5) is 13.2 Å². The van der Waals surface area contributed by atoms with Gasteiger partial charge in [-0.15, -0.1) is 0 Å². The SMILES string of the molecule is CC1=CCC(NC=O)CN(CC(F)(F)F)C1. The quantitative estimate of drug-likeness (QED) is 0.592. The van der Waals surface area contributed by atoms with E-state index in [1.165, 1.54) is 4.90 Å². The number of halogens is 3. The maximum Gasteiger partial charge on any atom is 0.401 e. The van der Waals surface area contributed by atoms with E-state index in [0.717, 1.165) is 5.57 Å². The number of rotatable bonds is 3. The van der Waals surface area contributed by atoms with Gasteiger partial charge in [0.1, 0.15) is 0 Å². The molecule has 16 heavy (non-hydrogen) atoms. The van der Waals surface area contributed by atoms with Gasteiger partial charge in [0.15, 0.2) is 0 Å². The van der Waals surface area contributed by atoms with Gasteiger partial charge in [0.05, 0.1) is 6.54 Å². The van der Waals surface area contributed by atoms with Crippen molar-refractivity contribution in [3.8, 4) is 0 Å². The fraction of sp³-hybridized carbons (Fsp3) is 0.700. The number of hydrogen-bond donors (Lipinski definition) is 1. The Hall–Kier alpha value is -1.04. The summed E-state index contributed by atoms with van der Waals surface area (Å²) in [6.07, 6.45) is -1.21. The lowest BCUT2D eigenvalue weighted by Crippen LogP contribution is -2.43. The van der Waals surface area contributed by atoms with Gasteiger partial charge < -0.3 is 5.32 Å². The van der Waals surface area contributed by atoms with Crippen molar-refractivity contribution in [2.45, 2.75) is 25.6 Å². The molecule has 1 unspecified atom stereocenters. The molecular weight excluding hydrogens is 221 g/mol. The van der Waals surface area contributed by atoms with Crippen LogP contribution in [0.25, 0.3) is 0 Å². The highest BCUT2D eigenvalue weighted by Gasteiger charge is 2.32. The third kappa shape index (κ3) is 4.65. The standard InChI is InChI=1S/C10H15F3N2O/c1-8-2-3-9(14-7-16)5-15(4-8)6-10(11,12)13/h2,7,9H,3-6H2,1H3,(H,14,16). The number of nitrogens with one attached hydrogen (secondary N) is 1. The first-order valence-corrected chi connectivity index (χ1v) is 5.05. The number of nitrogens with zero attached hydrogens (tertiary/aromatic N) is 1. The van der Waals surface area contributed by atoms with E-state index in [1.54, 1.807) is 6.92 Å². The van der Waals surface area contributed by atoms with E-state index < -0.39 is 12.7 Å². The van der Waals surface area contributed by atoms with Crippen molar-refractivity contribution < 1.29 is 18.0 Å². The molecule has 0 aromatic rings. The molecule has 3 nitrogen and oxygen atoms in total. The number of carbonyl (C=O) groups is 1. The Balaban J connectivity index is 2.62. The van der Waals surface area contributed by atoms with Crippen LogP contribution in [-0.2, 0) is 4.79 Å². The lowest BCUT2D eigenvalue weighted by Gasteiger charge is -2.25. The van der Waals surface area contributed by atoms with Crippen molar-refractivity contribution >= 4 is 6.41 Å². The van der Waals surface area contributed by atoms with Crippen molar-refractivity contribution in [2.24, 2.45) is 0 Å². The molecule has 0 saturated carbocycles. The summed E-state index contributed by atoms with van der Waals surface area (Å²) in [4.78, 5) is 11.6. The van der Waals surface area contributed by atoms with Crippen molar-refractivity contribution in [3.05, 3.63) is 11.6 Å². The van der Waals surface area contributed by atoms with Crippen LogP contribution in [0.5, 0.6) is 0 Å². The van der Waals surface area contributed by atoms with Crippen LogP contribution >= 0.6 is 0 Å². The monoisotopic (exact) mass is 236 g/mol. The lowest BCUT2D eigenvalue weighted by atomic mass is 10.2. The molecule has 6 heteroatoms. The molecule has 1 N–H and O–H groups in total. The molecule has 1 aliphatic rings. The van der Waals surface area contributed by atoms with E-state index in [1.807, 2.05) is 6.08 Å². The number of amides is 1. The van der Waals surface area contributed by atoms with Crippen molar-refractivity contribution in [1.82, 2.24) is 10.2 Å². The number of alkyl halides is 3. The molecule has 0 saturated heterocycles. The maximum absolute atomic E-state index is 12.3. The fourth-order valence-corrected chi connectivity index (χ4v) is 1.80. The van der Waals surface area contributed by atoms with Gasteiger partial charge in [-0.25, -0.2) is 0 Å². The van der Waals surface area contributed by atoms with Crippen molar-refractivity contribution in [1.29, 1.82) is 0 Å². The molecule has 1 rings (SSSR count). The van der Waals surface area contributed by atoms with E-state index in [4.69, 9.17) is 0 Å². The summed E-state index contributed by atoms with van der Waals surface area (Å²) in [5, 5.41) is 2.53. The van der Waals surface area contributed by atoms with E-state index in [9.17, 15) is 18.0 Å². The van der Waals surface area contributed by atoms with Gasteiger partial charge in [-0.1, -0.05) is 11.6 Å². The predicted molar refractivity (Wildman–Crippen MR) is 53.9 cm³/mol. The van der Waals surface area contributed by atoms with E-state index in [-0.39, 0.29) is 12.6 Å². The zero-order valence-corrected chi connectivity index (χ0v) is 9.05. The van der Waals surface area contributed by atoms with Gasteiger partial charge in [0.25, 0.3) is 0 Å². The molecule has 0 aromatic heterocycles. The van der Waals surface area contributed by atoms with E-state index in [2.05, 4.69) is 5.32 Å². The largest absolute Gasteiger partial charge is 0.401 e. The van der Waals surface area contributed by atoms with Crippen LogP contribution in [0.1, 0.15) is 13.3 Å². The molecular formula is C10H15F3N2O. The van der Waals surface area contributed by atoms with Crippen LogP contribution in [0.15, 0.2) is 11.6 Å². The Bertz CT molecular complexity index is 276. The average Bonchev–Trinajstić information content (AvgIpc) is 2.26. The Morgan fingerprint density at radius 3 is 2.88 bits per heavy atom. The van der Waals surface area contributed by atoms with Crippen molar-refractivity contribution in [3.63, 3.8) is 0 Å². The summed E-state index contributed by atoms with van der Waals surface area (Å²) in [7, 11) is 0. The summed E-state index contributed by atoms with van der Waals surface area (Å²) in [5.74, 6) is 0. The van der Waals surface area contributed by atoms with Gasteiger partial charge in [0.2, 0.25) is 6.41 Å². The normalized spacial score (nSPS) is 23.5. The lowest BCUT2D eigenvalue weighted by molar-refractivity contribution is -0.145. The third-order valence-corrected chi connectivity index (χ3v) is 2.41. The van der Waals surface area contributed by atoms with Crippen LogP contribution in [0.3, 0.4) is 0 Å². The molecule has 0 bridgehead atoms. The summed E-state index contributed by atoms with van der Waals surface area (Å²) in [6.45, 7) is 1.39. The molecule has 0 fully saturated rings. The second kappa shape index (κ2) is 5.34. The zero-order chi connectivity index (χ0) is 12.2. The molecule has 0 aromatic carbocycles. The smallest absolute Gasteiger partial charge is 0.354 e. The second-order valence-corrected chi connectivity index (χ2v) is 4.05. The van der Waals surface area contributed by atoms with Gasteiger partial charge in [0, 0.05) is 19.1 Å². The van der Waals surface area contributed by atoms with Crippen LogP contribution < -0.4 is 5.32 Å². The highest BCUT2D eigenvalue weighted by molar-refractivity contribution is 5.46. The first-order valence-electron chi connectivity index (χ1n) is 5.05. The van der Waals surface area contributed by atoms with Gasteiger partial charge >= 0.3 is 6.18 Å². The number of hydrogen-bond acceptors (Lipinski definition) is 2. The van der Waals surface area contributed by atoms with Gasteiger partial charge in [-0.05, 0) is 13.3 Å². The minimum atomic E-state index is -4.20. The van der Waals surface area contributed by atoms with E-state index >= 15 is 0 Å². The molecule has 0 aliphatic carbocycles. The van der Waals surface area contributed by atoms with E-state index in [0.29, 0.717) is 19.4 Å². The Morgan fingerprint density at radius 2 is 2.31 bits per heavy atom. The highest BCUT2D eigenvalue weighted by atomic mass is 19.4. The molecule has 1 heterocycles. The zero-order valence-electron chi connectivity index (χ0n) is 9.05. The molecule has 0 radical (unpaired) electrons. The first kappa shape index (κ1) is 13.0. The summed E-state index contributed by atoms with van der Waals surface area (Å²) in [5.41, 5.74) is 0.902.